The summed E-state index contributed by atoms with van der Waals surface area (Å²) in [6, 6.07) is 0. The number of hydrogen-bond acceptors (Lipinski definition) is 1. The molecule has 1 fully saturated rings. The van der Waals surface area contributed by atoms with Crippen molar-refractivity contribution >= 4 is 0 Å². The summed E-state index contributed by atoms with van der Waals surface area (Å²) in [6.45, 7) is 3.92. The van der Waals surface area contributed by atoms with Crippen LogP contribution in [0.15, 0.2) is 0 Å². The second kappa shape index (κ2) is 1.94. The lowest BCUT2D eigenvalue weighted by molar-refractivity contribution is 0.175. The van der Waals surface area contributed by atoms with Gasteiger partial charge in [-0.25, -0.2) is 4.39 Å². The summed E-state index contributed by atoms with van der Waals surface area (Å²) in [5, 5.41) is 0. The maximum absolute atomic E-state index is 13.0. The lowest BCUT2D eigenvalue weighted by atomic mass is 10.0. The Labute approximate surface area is 55.4 Å². The van der Waals surface area contributed by atoms with E-state index in [-0.39, 0.29) is 5.92 Å². The first kappa shape index (κ1) is 7.00. The van der Waals surface area contributed by atoms with E-state index in [2.05, 4.69) is 0 Å². The Hall–Kier alpha value is -0.110. The zero-order valence-electron chi connectivity index (χ0n) is 6.02. The Morgan fingerprint density at radius 3 is 2.33 bits per heavy atom. The van der Waals surface area contributed by atoms with Crippen LogP contribution < -0.4 is 5.73 Å². The van der Waals surface area contributed by atoms with E-state index in [4.69, 9.17) is 5.73 Å². The molecule has 54 valence electrons. The molecule has 1 aliphatic rings. The Balaban J connectivity index is 2.33. The van der Waals surface area contributed by atoms with Crippen LogP contribution in [0.3, 0.4) is 0 Å². The van der Waals surface area contributed by atoms with Gasteiger partial charge in [-0.15, -0.1) is 0 Å². The summed E-state index contributed by atoms with van der Waals surface area (Å²) in [5.41, 5.74) is 4.36. The smallest absolute Gasteiger partial charge is 0.108 e. The molecule has 1 saturated carbocycles. The standard InChI is InChI=1S/C7H14FN/c1-7(2,8)6-3-5(6)4-9/h5-6H,3-4,9H2,1-2H3/t5-,6+/m0/s1. The van der Waals surface area contributed by atoms with Gasteiger partial charge in [0.05, 0.1) is 0 Å². The second-order valence-electron chi connectivity index (χ2n) is 3.40. The molecule has 0 aromatic carbocycles. The monoisotopic (exact) mass is 131 g/mol. The largest absolute Gasteiger partial charge is 0.330 e. The summed E-state index contributed by atoms with van der Waals surface area (Å²) in [5.74, 6) is 0.701. The maximum atomic E-state index is 13.0. The van der Waals surface area contributed by atoms with Gasteiger partial charge in [0.1, 0.15) is 5.67 Å². The molecule has 0 unspecified atom stereocenters. The van der Waals surface area contributed by atoms with Crippen LogP contribution in [-0.2, 0) is 0 Å². The topological polar surface area (TPSA) is 26.0 Å². The summed E-state index contributed by atoms with van der Waals surface area (Å²) >= 11 is 0. The highest BCUT2D eigenvalue weighted by molar-refractivity contribution is 4.96. The van der Waals surface area contributed by atoms with Crippen molar-refractivity contribution in [2.45, 2.75) is 25.9 Å². The van der Waals surface area contributed by atoms with Gasteiger partial charge in [-0.05, 0) is 38.6 Å². The molecule has 0 aliphatic heterocycles. The number of hydrogen-bond donors (Lipinski definition) is 1. The Bertz CT molecular complexity index is 106. The Morgan fingerprint density at radius 2 is 2.22 bits per heavy atom. The third kappa shape index (κ3) is 1.42. The van der Waals surface area contributed by atoms with Crippen LogP contribution >= 0.6 is 0 Å². The molecule has 1 rings (SSSR count). The molecule has 9 heavy (non-hydrogen) atoms. The average Bonchev–Trinajstić information content (AvgIpc) is 2.39. The highest BCUT2D eigenvalue weighted by atomic mass is 19.1. The SMILES string of the molecule is CC(C)(F)[C@@H]1C[C@H]1CN. The van der Waals surface area contributed by atoms with E-state index in [0.717, 1.165) is 6.42 Å². The van der Waals surface area contributed by atoms with Gasteiger partial charge in [-0.2, -0.15) is 0 Å². The zero-order valence-corrected chi connectivity index (χ0v) is 6.02. The molecule has 2 atom stereocenters. The Kier molecular flexibility index (Phi) is 1.51. The van der Waals surface area contributed by atoms with Crippen LogP contribution in [-0.4, -0.2) is 12.2 Å². The van der Waals surface area contributed by atoms with Crippen molar-refractivity contribution < 1.29 is 4.39 Å². The molecule has 0 spiro atoms. The number of rotatable bonds is 2. The lowest BCUT2D eigenvalue weighted by Crippen LogP contribution is -2.18. The molecule has 0 heterocycles. The number of halogens is 1. The fourth-order valence-electron chi connectivity index (χ4n) is 1.35. The fraction of sp³-hybridized carbons (Fsp3) is 1.00. The molecule has 0 radical (unpaired) electrons. The van der Waals surface area contributed by atoms with E-state index in [9.17, 15) is 4.39 Å². The lowest BCUT2D eigenvalue weighted by Gasteiger charge is -2.12. The van der Waals surface area contributed by atoms with E-state index in [1.165, 1.54) is 0 Å². The van der Waals surface area contributed by atoms with Crippen molar-refractivity contribution in [1.29, 1.82) is 0 Å². The normalized spacial score (nSPS) is 34.7. The predicted octanol–water partition coefficient (Wildman–Crippen LogP) is 1.33. The predicted molar refractivity (Wildman–Crippen MR) is 35.8 cm³/mol. The molecule has 0 aromatic rings. The number of nitrogens with two attached hydrogens (primary N) is 1. The van der Waals surface area contributed by atoms with Crippen molar-refractivity contribution in [2.24, 2.45) is 17.6 Å². The molecular weight excluding hydrogens is 117 g/mol. The first-order chi connectivity index (χ1) is 4.05. The highest BCUT2D eigenvalue weighted by Gasteiger charge is 2.46. The molecular formula is C7H14FN. The quantitative estimate of drug-likeness (QED) is 0.601. The minimum atomic E-state index is -0.996. The van der Waals surface area contributed by atoms with Crippen molar-refractivity contribution in [3.05, 3.63) is 0 Å². The third-order valence-electron chi connectivity index (χ3n) is 2.11. The van der Waals surface area contributed by atoms with Gasteiger partial charge < -0.3 is 5.73 Å². The van der Waals surface area contributed by atoms with Crippen LogP contribution in [0.1, 0.15) is 20.3 Å². The molecule has 0 aromatic heterocycles. The molecule has 2 N–H and O–H groups in total. The van der Waals surface area contributed by atoms with Gasteiger partial charge in [-0.3, -0.25) is 0 Å². The van der Waals surface area contributed by atoms with Gasteiger partial charge in [-0.1, -0.05) is 0 Å². The van der Waals surface area contributed by atoms with E-state index in [1.54, 1.807) is 13.8 Å². The molecule has 1 nitrogen and oxygen atoms in total. The van der Waals surface area contributed by atoms with Crippen LogP contribution in [0.4, 0.5) is 4.39 Å². The second-order valence-corrected chi connectivity index (χ2v) is 3.40. The Morgan fingerprint density at radius 1 is 1.67 bits per heavy atom. The van der Waals surface area contributed by atoms with E-state index >= 15 is 0 Å². The average molecular weight is 131 g/mol. The zero-order chi connectivity index (χ0) is 7.07. The van der Waals surface area contributed by atoms with E-state index in [1.807, 2.05) is 0 Å². The van der Waals surface area contributed by atoms with Gasteiger partial charge in [0, 0.05) is 0 Å². The maximum Gasteiger partial charge on any atom is 0.108 e. The van der Waals surface area contributed by atoms with Crippen LogP contribution in [0.2, 0.25) is 0 Å². The van der Waals surface area contributed by atoms with Crippen molar-refractivity contribution in [1.82, 2.24) is 0 Å². The molecule has 0 bridgehead atoms. The van der Waals surface area contributed by atoms with Crippen LogP contribution in [0.25, 0.3) is 0 Å². The van der Waals surface area contributed by atoms with Crippen molar-refractivity contribution in [2.75, 3.05) is 6.54 Å². The van der Waals surface area contributed by atoms with Gasteiger partial charge in [0.15, 0.2) is 0 Å². The summed E-state index contributed by atoms with van der Waals surface area (Å²) < 4.78 is 13.0. The highest BCUT2D eigenvalue weighted by Crippen LogP contribution is 2.47. The summed E-state index contributed by atoms with van der Waals surface area (Å²) in [7, 11) is 0. The van der Waals surface area contributed by atoms with Gasteiger partial charge in [0.2, 0.25) is 0 Å². The number of alkyl halides is 1. The van der Waals surface area contributed by atoms with E-state index in [0.29, 0.717) is 12.5 Å². The first-order valence-electron chi connectivity index (χ1n) is 3.44. The fourth-order valence-corrected chi connectivity index (χ4v) is 1.35. The first-order valence-corrected chi connectivity index (χ1v) is 3.44. The molecule has 0 saturated heterocycles. The van der Waals surface area contributed by atoms with Crippen molar-refractivity contribution in [3.8, 4) is 0 Å². The van der Waals surface area contributed by atoms with Gasteiger partial charge in [0.25, 0.3) is 0 Å². The summed E-state index contributed by atoms with van der Waals surface area (Å²) in [4.78, 5) is 0. The van der Waals surface area contributed by atoms with Crippen LogP contribution in [0.5, 0.6) is 0 Å². The van der Waals surface area contributed by atoms with E-state index < -0.39 is 5.67 Å². The van der Waals surface area contributed by atoms with Crippen LogP contribution in [0, 0.1) is 11.8 Å². The minimum absolute atomic E-state index is 0.238. The third-order valence-corrected chi connectivity index (χ3v) is 2.11. The molecule has 2 heteroatoms. The minimum Gasteiger partial charge on any atom is -0.330 e. The molecule has 0 amide bonds. The molecule has 1 aliphatic carbocycles. The van der Waals surface area contributed by atoms with Crippen molar-refractivity contribution in [3.63, 3.8) is 0 Å². The van der Waals surface area contributed by atoms with Gasteiger partial charge >= 0.3 is 0 Å². The summed E-state index contributed by atoms with van der Waals surface area (Å²) in [6.07, 6.45) is 0.986.